The number of rotatable bonds is 6. The Kier molecular flexibility index (Phi) is 5.06. The van der Waals surface area contributed by atoms with Crippen molar-refractivity contribution in [3.05, 3.63) is 65.5 Å². The summed E-state index contributed by atoms with van der Waals surface area (Å²) in [5.41, 5.74) is 2.16. The monoisotopic (exact) mass is 306 g/mol. The van der Waals surface area contributed by atoms with Gasteiger partial charge < -0.3 is 5.11 Å². The lowest BCUT2D eigenvalue weighted by Crippen LogP contribution is -2.28. The van der Waals surface area contributed by atoms with Gasteiger partial charge in [0, 0.05) is 13.2 Å². The molecule has 0 fully saturated rings. The van der Waals surface area contributed by atoms with Crippen molar-refractivity contribution in [1.82, 2.24) is 9.29 Å². The fourth-order valence-corrected chi connectivity index (χ4v) is 3.04. The summed E-state index contributed by atoms with van der Waals surface area (Å²) < 4.78 is 25.9. The van der Waals surface area contributed by atoms with Crippen LogP contribution < -0.4 is 0 Å². The van der Waals surface area contributed by atoms with Crippen LogP contribution in [0.4, 0.5) is 0 Å². The van der Waals surface area contributed by atoms with Gasteiger partial charge >= 0.3 is 0 Å². The number of nitrogens with zero attached hydrogens (tertiary/aromatic N) is 2. The average Bonchev–Trinajstić information content (AvgIpc) is 2.48. The van der Waals surface area contributed by atoms with Crippen molar-refractivity contribution in [2.75, 3.05) is 7.05 Å². The Morgan fingerprint density at radius 1 is 1.10 bits per heavy atom. The standard InChI is InChI=1S/C15H18N2O3S/c1-17(10-15-4-2-3-9-16-15)21(19,20)12-14-7-5-13(11-18)6-8-14/h2-9,18H,10-12H2,1H3. The highest BCUT2D eigenvalue weighted by molar-refractivity contribution is 7.88. The van der Waals surface area contributed by atoms with Crippen LogP contribution in [0, 0.1) is 0 Å². The molecule has 0 aliphatic carbocycles. The fourth-order valence-electron chi connectivity index (χ4n) is 1.88. The van der Waals surface area contributed by atoms with E-state index >= 15 is 0 Å². The van der Waals surface area contributed by atoms with Crippen LogP contribution in [0.1, 0.15) is 16.8 Å². The first kappa shape index (κ1) is 15.6. The Balaban J connectivity index is 2.06. The minimum absolute atomic E-state index is 0.0490. The molecule has 0 atom stereocenters. The van der Waals surface area contributed by atoms with E-state index in [2.05, 4.69) is 4.98 Å². The van der Waals surface area contributed by atoms with Crippen LogP contribution in [0.5, 0.6) is 0 Å². The fraction of sp³-hybridized carbons (Fsp3) is 0.267. The second-order valence-electron chi connectivity index (χ2n) is 4.81. The molecule has 6 heteroatoms. The van der Waals surface area contributed by atoms with E-state index in [1.54, 1.807) is 49.6 Å². The summed E-state index contributed by atoms with van der Waals surface area (Å²) in [5.74, 6) is -0.0674. The lowest BCUT2D eigenvalue weighted by molar-refractivity contribution is 0.282. The van der Waals surface area contributed by atoms with Gasteiger partial charge in [-0.1, -0.05) is 30.3 Å². The zero-order chi connectivity index (χ0) is 15.3. The molecule has 0 aliphatic heterocycles. The van der Waals surface area contributed by atoms with E-state index in [-0.39, 0.29) is 18.9 Å². The molecule has 0 amide bonds. The molecule has 0 unspecified atom stereocenters. The molecular formula is C15H18N2O3S. The highest BCUT2D eigenvalue weighted by atomic mass is 32.2. The van der Waals surface area contributed by atoms with E-state index in [1.165, 1.54) is 4.31 Å². The van der Waals surface area contributed by atoms with Gasteiger partial charge in [0.1, 0.15) is 0 Å². The molecule has 0 saturated carbocycles. The highest BCUT2D eigenvalue weighted by Gasteiger charge is 2.19. The third kappa shape index (κ3) is 4.35. The first-order valence-corrected chi connectivity index (χ1v) is 8.15. The number of aliphatic hydroxyl groups is 1. The number of hydrogen-bond donors (Lipinski definition) is 1. The normalized spacial score (nSPS) is 11.8. The van der Waals surface area contributed by atoms with Crippen LogP contribution in [0.15, 0.2) is 48.7 Å². The van der Waals surface area contributed by atoms with Gasteiger partial charge in [0.25, 0.3) is 0 Å². The second kappa shape index (κ2) is 6.80. The van der Waals surface area contributed by atoms with Crippen LogP contribution in [-0.4, -0.2) is 29.9 Å². The third-order valence-corrected chi connectivity index (χ3v) is 4.92. The zero-order valence-electron chi connectivity index (χ0n) is 11.8. The van der Waals surface area contributed by atoms with Gasteiger partial charge in [0.2, 0.25) is 10.0 Å². The van der Waals surface area contributed by atoms with Crippen LogP contribution in [0.25, 0.3) is 0 Å². The molecule has 1 heterocycles. The third-order valence-electron chi connectivity index (χ3n) is 3.14. The topological polar surface area (TPSA) is 70.5 Å². The lowest BCUT2D eigenvalue weighted by Gasteiger charge is -2.16. The summed E-state index contributed by atoms with van der Waals surface area (Å²) in [6, 6.07) is 12.3. The molecule has 112 valence electrons. The molecule has 1 aromatic carbocycles. The van der Waals surface area contributed by atoms with E-state index in [4.69, 9.17) is 5.11 Å². The molecule has 21 heavy (non-hydrogen) atoms. The SMILES string of the molecule is CN(Cc1ccccn1)S(=O)(=O)Cc1ccc(CO)cc1. The molecule has 0 aliphatic rings. The number of aromatic nitrogens is 1. The van der Waals surface area contributed by atoms with Gasteiger partial charge in [-0.15, -0.1) is 0 Å². The largest absolute Gasteiger partial charge is 0.392 e. The molecular weight excluding hydrogens is 288 g/mol. The Labute approximate surface area is 124 Å². The molecule has 0 radical (unpaired) electrons. The van der Waals surface area contributed by atoms with E-state index < -0.39 is 10.0 Å². The van der Waals surface area contributed by atoms with Crippen molar-refractivity contribution in [2.24, 2.45) is 0 Å². The van der Waals surface area contributed by atoms with Gasteiger partial charge in [0.05, 0.1) is 24.6 Å². The molecule has 1 N–H and O–H groups in total. The van der Waals surface area contributed by atoms with Gasteiger partial charge in [-0.05, 0) is 23.3 Å². The Bertz CT molecular complexity index is 670. The summed E-state index contributed by atoms with van der Waals surface area (Å²) in [7, 11) is -1.85. The van der Waals surface area contributed by atoms with E-state index in [0.29, 0.717) is 11.3 Å². The minimum atomic E-state index is -3.40. The van der Waals surface area contributed by atoms with Crippen molar-refractivity contribution < 1.29 is 13.5 Å². The number of hydrogen-bond acceptors (Lipinski definition) is 4. The van der Waals surface area contributed by atoms with Crippen LogP contribution in [0.2, 0.25) is 0 Å². The first-order valence-electron chi connectivity index (χ1n) is 6.54. The highest BCUT2D eigenvalue weighted by Crippen LogP contribution is 2.13. The predicted octanol–water partition coefficient (Wildman–Crippen LogP) is 1.54. The second-order valence-corrected chi connectivity index (χ2v) is 6.88. The van der Waals surface area contributed by atoms with Gasteiger partial charge in [0.15, 0.2) is 0 Å². The minimum Gasteiger partial charge on any atom is -0.392 e. The molecule has 1 aromatic heterocycles. The Morgan fingerprint density at radius 2 is 1.76 bits per heavy atom. The number of benzene rings is 1. The summed E-state index contributed by atoms with van der Waals surface area (Å²) in [5, 5.41) is 8.98. The number of aliphatic hydroxyl groups excluding tert-OH is 1. The Morgan fingerprint density at radius 3 is 2.33 bits per heavy atom. The predicted molar refractivity (Wildman–Crippen MR) is 80.7 cm³/mol. The van der Waals surface area contributed by atoms with Crippen molar-refractivity contribution >= 4 is 10.0 Å². The van der Waals surface area contributed by atoms with Gasteiger partial charge in [-0.25, -0.2) is 8.42 Å². The van der Waals surface area contributed by atoms with E-state index in [0.717, 1.165) is 5.56 Å². The molecule has 5 nitrogen and oxygen atoms in total. The molecule has 2 aromatic rings. The summed E-state index contributed by atoms with van der Waals surface area (Å²) >= 11 is 0. The van der Waals surface area contributed by atoms with Gasteiger partial charge in [-0.2, -0.15) is 4.31 Å². The van der Waals surface area contributed by atoms with Crippen LogP contribution in [-0.2, 0) is 28.9 Å². The van der Waals surface area contributed by atoms with Gasteiger partial charge in [-0.3, -0.25) is 4.98 Å². The zero-order valence-corrected chi connectivity index (χ0v) is 12.6. The number of sulfonamides is 1. The molecule has 0 bridgehead atoms. The van der Waals surface area contributed by atoms with Crippen LogP contribution >= 0.6 is 0 Å². The summed E-state index contributed by atoms with van der Waals surface area (Å²) in [6.45, 7) is 0.199. The van der Waals surface area contributed by atoms with Crippen molar-refractivity contribution in [3.8, 4) is 0 Å². The summed E-state index contributed by atoms with van der Waals surface area (Å²) in [6.07, 6.45) is 1.64. The maximum absolute atomic E-state index is 12.3. The molecule has 0 saturated heterocycles. The average molecular weight is 306 g/mol. The maximum Gasteiger partial charge on any atom is 0.218 e. The van der Waals surface area contributed by atoms with Crippen molar-refractivity contribution in [1.29, 1.82) is 0 Å². The smallest absolute Gasteiger partial charge is 0.218 e. The van der Waals surface area contributed by atoms with Crippen molar-refractivity contribution in [3.63, 3.8) is 0 Å². The quantitative estimate of drug-likeness (QED) is 0.879. The van der Waals surface area contributed by atoms with Crippen molar-refractivity contribution in [2.45, 2.75) is 18.9 Å². The van der Waals surface area contributed by atoms with Crippen LogP contribution in [0.3, 0.4) is 0 Å². The molecule has 0 spiro atoms. The Hall–Kier alpha value is -1.76. The number of pyridine rings is 1. The summed E-state index contributed by atoms with van der Waals surface area (Å²) in [4.78, 5) is 4.13. The first-order chi connectivity index (χ1) is 10.0. The van der Waals surface area contributed by atoms with E-state index in [1.807, 2.05) is 6.07 Å². The lowest BCUT2D eigenvalue weighted by atomic mass is 10.2. The molecule has 2 rings (SSSR count). The van der Waals surface area contributed by atoms with E-state index in [9.17, 15) is 8.42 Å². The maximum atomic E-state index is 12.3.